The largest absolute Gasteiger partial charge is 0.481 e. The highest BCUT2D eigenvalue weighted by atomic mass is 16.7. The minimum atomic E-state index is -1.68. The van der Waals surface area contributed by atoms with Crippen LogP contribution in [0.15, 0.2) is 0 Å². The normalized spacial score (nSPS) is 32.2. The molecule has 2 aliphatic carbocycles. The van der Waals surface area contributed by atoms with Gasteiger partial charge in [0.05, 0.1) is 84.2 Å². The molecule has 70 heavy (non-hydrogen) atoms. The molecule has 10 N–H and O–H groups in total. The van der Waals surface area contributed by atoms with Crippen molar-refractivity contribution in [3.8, 4) is 0 Å². The quantitative estimate of drug-likeness (QED) is 0.0356. The number of amides is 3. The Morgan fingerprint density at radius 2 is 1.31 bits per heavy atom. The van der Waals surface area contributed by atoms with Gasteiger partial charge in [-0.25, -0.2) is 4.79 Å². The second kappa shape index (κ2) is 31.4. The predicted molar refractivity (Wildman–Crippen MR) is 242 cm³/mol. The molecule has 2 aliphatic heterocycles. The van der Waals surface area contributed by atoms with Crippen molar-refractivity contribution < 1.29 is 102 Å². The molecule has 24 heteroatoms. The van der Waals surface area contributed by atoms with Crippen LogP contribution in [0, 0.1) is 17.8 Å². The van der Waals surface area contributed by atoms with Gasteiger partial charge in [0.1, 0.15) is 42.7 Å². The molecule has 0 bridgehead atoms. The highest BCUT2D eigenvalue weighted by Crippen LogP contribution is 2.40. The molecule has 24 nitrogen and oxygen atoms in total. The SMILES string of the molecule is CCC1CC(C(=O)NCCNC(=O)CCOCCOCCOCCOCCC(=O)O)C[C@@H](O[C@@H]2OC(CO)[C@H](O)C(O[C@@H](CC3CCCCC3)C(=O)O)C2NC(C)=O)C1O[C@@H]1OC(C)[C@@H](O)C(O)C1O. The smallest absolute Gasteiger partial charge is 0.332 e. The standard InChI is InChI=1S/C46H79N3O21/c1-4-29-23-30(43(59)48-13-12-47-34(52)10-14-62-16-18-64-20-21-65-19-17-63-15-11-35(53)54)24-31(41(29)70-46-40(58)39(57)37(55)26(2)66-46)68-45-36(49-27(3)51)42(38(56)33(25-50)69-45)67-32(44(60)61)22-28-8-6-5-7-9-28/h26,28-33,36-42,45-46,50,55-58H,4-25H2,1-3H3,(H,47,52)(H,48,59)(H,49,51)(H,53,54)(H,60,61)/t26?,29?,30?,31-,32+,33?,36?,37-,38+,39?,40?,41?,42?,45-,46+/m1/s1. The Morgan fingerprint density at radius 3 is 1.90 bits per heavy atom. The minimum Gasteiger partial charge on any atom is -0.481 e. The van der Waals surface area contributed by atoms with E-state index in [1.807, 2.05) is 6.92 Å². The number of hydrogen-bond donors (Lipinski definition) is 10. The molecule has 4 rings (SSSR count). The first-order valence-electron chi connectivity index (χ1n) is 24.7. The van der Waals surface area contributed by atoms with Gasteiger partial charge in [0.15, 0.2) is 18.7 Å². The van der Waals surface area contributed by atoms with Crippen molar-refractivity contribution in [2.45, 2.75) is 171 Å². The van der Waals surface area contributed by atoms with E-state index in [1.165, 1.54) is 13.8 Å². The molecule has 0 radical (unpaired) electrons. The number of rotatable bonds is 31. The summed E-state index contributed by atoms with van der Waals surface area (Å²) in [6.45, 7) is 6.03. The van der Waals surface area contributed by atoms with Crippen LogP contribution in [0.25, 0.3) is 0 Å². The van der Waals surface area contributed by atoms with Gasteiger partial charge < -0.3 is 94.3 Å². The van der Waals surface area contributed by atoms with Crippen LogP contribution in [0.2, 0.25) is 0 Å². The lowest BCUT2D eigenvalue weighted by atomic mass is 9.75. The minimum absolute atomic E-state index is 0.0356. The van der Waals surface area contributed by atoms with E-state index in [0.29, 0.717) is 26.2 Å². The summed E-state index contributed by atoms with van der Waals surface area (Å²) in [4.78, 5) is 62.2. The molecule has 2 saturated heterocycles. The van der Waals surface area contributed by atoms with Crippen LogP contribution in [0.5, 0.6) is 0 Å². The summed E-state index contributed by atoms with van der Waals surface area (Å²) in [5.74, 6) is -4.59. The van der Waals surface area contributed by atoms with Gasteiger partial charge in [-0.3, -0.25) is 19.2 Å². The number of carbonyl (C=O) groups is 5. The number of hydrogen-bond acceptors (Lipinski definition) is 19. The summed E-state index contributed by atoms with van der Waals surface area (Å²) >= 11 is 0. The summed E-state index contributed by atoms with van der Waals surface area (Å²) in [5.41, 5.74) is 0. The summed E-state index contributed by atoms with van der Waals surface area (Å²) in [7, 11) is 0. The van der Waals surface area contributed by atoms with E-state index in [4.69, 9.17) is 47.7 Å². The van der Waals surface area contributed by atoms with Gasteiger partial charge in [-0.05, 0) is 38.0 Å². The van der Waals surface area contributed by atoms with Crippen molar-refractivity contribution in [1.82, 2.24) is 16.0 Å². The number of aliphatic hydroxyl groups is 5. The highest BCUT2D eigenvalue weighted by molar-refractivity contribution is 5.79. The van der Waals surface area contributed by atoms with Gasteiger partial charge in [-0.1, -0.05) is 45.4 Å². The average Bonchev–Trinajstić information content (AvgIpc) is 3.33. The fraction of sp³-hybridized carbons (Fsp3) is 0.891. The van der Waals surface area contributed by atoms with Crippen molar-refractivity contribution in [1.29, 1.82) is 0 Å². The molecule has 0 spiro atoms. The van der Waals surface area contributed by atoms with Gasteiger partial charge in [0.25, 0.3) is 0 Å². The Morgan fingerprint density at radius 1 is 0.700 bits per heavy atom. The third-order valence-corrected chi connectivity index (χ3v) is 13.1. The lowest BCUT2D eigenvalue weighted by molar-refractivity contribution is -0.338. The zero-order valence-electron chi connectivity index (χ0n) is 40.6. The summed E-state index contributed by atoms with van der Waals surface area (Å²) < 4.78 is 52.5. The van der Waals surface area contributed by atoms with Gasteiger partial charge in [-0.15, -0.1) is 0 Å². The average molecular weight is 1010 g/mol. The molecule has 2 saturated carbocycles. The molecule has 0 aromatic carbocycles. The van der Waals surface area contributed by atoms with E-state index in [2.05, 4.69) is 16.0 Å². The van der Waals surface area contributed by atoms with Gasteiger partial charge in [0.2, 0.25) is 17.7 Å². The Bertz CT molecular complexity index is 1580. The first-order chi connectivity index (χ1) is 33.5. The van der Waals surface area contributed by atoms with Crippen molar-refractivity contribution in [2.75, 3.05) is 72.6 Å². The molecule has 4 fully saturated rings. The first kappa shape index (κ1) is 59.4. The molecule has 0 aromatic rings. The van der Waals surface area contributed by atoms with Gasteiger partial charge in [0, 0.05) is 32.4 Å². The van der Waals surface area contributed by atoms with E-state index in [0.717, 1.165) is 32.1 Å². The van der Waals surface area contributed by atoms with Crippen LogP contribution in [0.4, 0.5) is 0 Å². The van der Waals surface area contributed by atoms with Crippen LogP contribution < -0.4 is 16.0 Å². The van der Waals surface area contributed by atoms with Crippen LogP contribution in [0.3, 0.4) is 0 Å². The Kier molecular flexibility index (Phi) is 26.6. The molecule has 3 amide bonds. The number of carboxylic acids is 2. The number of nitrogens with one attached hydrogen (secondary N) is 3. The van der Waals surface area contributed by atoms with E-state index in [1.54, 1.807) is 0 Å². The first-order valence-corrected chi connectivity index (χ1v) is 24.7. The maximum absolute atomic E-state index is 13.9. The Hall–Kier alpha value is -3.21. The van der Waals surface area contributed by atoms with Gasteiger partial charge >= 0.3 is 11.9 Å². The van der Waals surface area contributed by atoms with E-state index >= 15 is 0 Å². The number of ether oxygens (including phenoxy) is 9. The summed E-state index contributed by atoms with van der Waals surface area (Å²) in [5, 5.41) is 81.0. The maximum Gasteiger partial charge on any atom is 0.332 e. The van der Waals surface area contributed by atoms with Crippen molar-refractivity contribution >= 4 is 29.7 Å². The Labute approximate surface area is 408 Å². The van der Waals surface area contributed by atoms with E-state index in [-0.39, 0.29) is 96.0 Å². The van der Waals surface area contributed by atoms with Crippen molar-refractivity contribution in [3.05, 3.63) is 0 Å². The second-order valence-corrected chi connectivity index (χ2v) is 18.4. The summed E-state index contributed by atoms with van der Waals surface area (Å²) in [6.07, 6.45) is -11.1. The number of carbonyl (C=O) groups excluding carboxylic acids is 3. The maximum atomic E-state index is 13.9. The fourth-order valence-corrected chi connectivity index (χ4v) is 9.28. The molecule has 9 unspecified atom stereocenters. The number of carboxylic acid groups (broad SMARTS) is 2. The van der Waals surface area contributed by atoms with E-state index < -0.39 is 116 Å². The predicted octanol–water partition coefficient (Wildman–Crippen LogP) is -1.42. The topological polar surface area (TPSA) is 346 Å². The lowest BCUT2D eigenvalue weighted by Gasteiger charge is -2.49. The molecule has 0 aromatic heterocycles. The monoisotopic (exact) mass is 1010 g/mol. The third-order valence-electron chi connectivity index (χ3n) is 13.1. The molecule has 15 atom stereocenters. The molecular formula is C46H79N3O21. The molecule has 404 valence electrons. The highest BCUT2D eigenvalue weighted by Gasteiger charge is 2.53. The molecule has 4 aliphatic rings. The van der Waals surface area contributed by atoms with Crippen LogP contribution >= 0.6 is 0 Å². The fourth-order valence-electron chi connectivity index (χ4n) is 9.28. The number of aliphatic hydroxyl groups excluding tert-OH is 5. The van der Waals surface area contributed by atoms with Crippen LogP contribution in [-0.2, 0) is 66.6 Å². The third kappa shape index (κ3) is 19.3. The number of aliphatic carboxylic acids is 2. The molecular weight excluding hydrogens is 931 g/mol. The van der Waals surface area contributed by atoms with Crippen molar-refractivity contribution in [2.24, 2.45) is 17.8 Å². The molecule has 2 heterocycles. The van der Waals surface area contributed by atoms with Crippen LogP contribution in [0.1, 0.15) is 91.4 Å². The van der Waals surface area contributed by atoms with Crippen molar-refractivity contribution in [3.63, 3.8) is 0 Å². The van der Waals surface area contributed by atoms with Crippen LogP contribution in [-0.4, -0.2) is 218 Å². The lowest BCUT2D eigenvalue weighted by Crippen LogP contribution is -2.67. The zero-order valence-corrected chi connectivity index (χ0v) is 40.6. The summed E-state index contributed by atoms with van der Waals surface area (Å²) in [6, 6.07) is -1.34. The second-order valence-electron chi connectivity index (χ2n) is 18.4. The van der Waals surface area contributed by atoms with E-state index in [9.17, 15) is 54.6 Å². The zero-order chi connectivity index (χ0) is 51.2. The Balaban J connectivity index is 1.37. The van der Waals surface area contributed by atoms with Gasteiger partial charge in [-0.2, -0.15) is 0 Å².